The first-order valence-corrected chi connectivity index (χ1v) is 5.26. The van der Waals surface area contributed by atoms with E-state index >= 15 is 0 Å². The fourth-order valence-electron chi connectivity index (χ4n) is 2.31. The van der Waals surface area contributed by atoms with Crippen LogP contribution in [0.3, 0.4) is 0 Å². The lowest BCUT2D eigenvalue weighted by Crippen LogP contribution is -1.86. The first-order chi connectivity index (χ1) is 6.88. The maximum atomic E-state index is 5.27. The number of rotatable bonds is 1. The Hall–Kier alpha value is -1.24. The monoisotopic (exact) mass is 186 g/mol. The van der Waals surface area contributed by atoms with E-state index in [1.54, 1.807) is 18.3 Å². The first kappa shape index (κ1) is 8.10. The predicted octanol–water partition coefficient (Wildman–Crippen LogP) is 3.19. The number of hydrogen-bond acceptors (Lipinski definition) is 1. The Kier molecular flexibility index (Phi) is 1.66. The average Bonchev–Trinajstić information content (AvgIpc) is 2.98. The van der Waals surface area contributed by atoms with Crippen molar-refractivity contribution in [3.63, 3.8) is 0 Å². The molecule has 0 atom stereocenters. The molecule has 0 N–H and O–H groups in total. The van der Waals surface area contributed by atoms with Crippen LogP contribution in [0.15, 0.2) is 23.8 Å². The van der Waals surface area contributed by atoms with Crippen LogP contribution in [0.4, 0.5) is 0 Å². The number of aryl methyl sites for hydroxylation is 1. The molecule has 1 fully saturated rings. The van der Waals surface area contributed by atoms with Crippen molar-refractivity contribution in [1.82, 2.24) is 0 Å². The van der Waals surface area contributed by atoms with Gasteiger partial charge in [0, 0.05) is 0 Å². The number of allylic oxidation sites excluding steroid dienone is 2. The van der Waals surface area contributed by atoms with Crippen molar-refractivity contribution in [3.05, 3.63) is 34.9 Å². The minimum atomic E-state index is 0.990. The highest BCUT2D eigenvalue weighted by molar-refractivity contribution is 5.77. The highest BCUT2D eigenvalue weighted by atomic mass is 16.5. The van der Waals surface area contributed by atoms with E-state index in [0.29, 0.717) is 0 Å². The summed E-state index contributed by atoms with van der Waals surface area (Å²) >= 11 is 0. The van der Waals surface area contributed by atoms with Crippen molar-refractivity contribution in [2.75, 3.05) is 7.11 Å². The zero-order chi connectivity index (χ0) is 9.54. The van der Waals surface area contributed by atoms with Gasteiger partial charge in [0.2, 0.25) is 0 Å². The van der Waals surface area contributed by atoms with Crippen LogP contribution in [0, 0.1) is 0 Å². The van der Waals surface area contributed by atoms with Crippen LogP contribution >= 0.6 is 0 Å². The van der Waals surface area contributed by atoms with Crippen LogP contribution in [-0.2, 0) is 6.42 Å². The van der Waals surface area contributed by atoms with Crippen LogP contribution in [-0.4, -0.2) is 7.11 Å². The fourth-order valence-corrected chi connectivity index (χ4v) is 2.31. The number of methoxy groups -OCH3 is 1. The third kappa shape index (κ3) is 1.16. The third-order valence-electron chi connectivity index (χ3n) is 3.21. The molecule has 0 spiro atoms. The normalized spacial score (nSPS) is 18.4. The lowest BCUT2D eigenvalue weighted by atomic mass is 10.1. The van der Waals surface area contributed by atoms with Gasteiger partial charge in [-0.05, 0) is 54.5 Å². The molecule has 0 aromatic heterocycles. The van der Waals surface area contributed by atoms with E-state index in [2.05, 4.69) is 18.2 Å². The topological polar surface area (TPSA) is 9.23 Å². The Morgan fingerprint density at radius 1 is 1.07 bits per heavy atom. The van der Waals surface area contributed by atoms with E-state index in [4.69, 9.17) is 4.74 Å². The summed E-state index contributed by atoms with van der Waals surface area (Å²) in [6.07, 6.45) is 5.12. The van der Waals surface area contributed by atoms with Gasteiger partial charge < -0.3 is 4.74 Å². The molecule has 1 heteroatoms. The zero-order valence-electron chi connectivity index (χ0n) is 8.47. The number of hydrogen-bond donors (Lipinski definition) is 0. The van der Waals surface area contributed by atoms with Crippen molar-refractivity contribution < 1.29 is 4.74 Å². The maximum Gasteiger partial charge on any atom is 0.119 e. The molecule has 1 nitrogen and oxygen atoms in total. The van der Waals surface area contributed by atoms with Gasteiger partial charge in [-0.3, -0.25) is 0 Å². The SMILES string of the molecule is COc1ccc2c(c1)C(=C1CC1)CC2. The van der Waals surface area contributed by atoms with Gasteiger partial charge in [-0.15, -0.1) is 0 Å². The van der Waals surface area contributed by atoms with E-state index in [9.17, 15) is 0 Å². The molecule has 0 unspecified atom stereocenters. The van der Waals surface area contributed by atoms with E-state index in [-0.39, 0.29) is 0 Å². The van der Waals surface area contributed by atoms with Crippen molar-refractivity contribution in [3.8, 4) is 5.75 Å². The molecular formula is C13H14O. The Morgan fingerprint density at radius 3 is 2.64 bits per heavy atom. The zero-order valence-corrected chi connectivity index (χ0v) is 8.47. The molecule has 0 aliphatic heterocycles. The summed E-state index contributed by atoms with van der Waals surface area (Å²) in [5.74, 6) is 0.990. The van der Waals surface area contributed by atoms with E-state index in [1.807, 2.05) is 0 Å². The second-order valence-corrected chi connectivity index (χ2v) is 4.11. The Labute approximate surface area is 84.4 Å². The van der Waals surface area contributed by atoms with Crippen molar-refractivity contribution in [2.24, 2.45) is 0 Å². The first-order valence-electron chi connectivity index (χ1n) is 5.26. The summed E-state index contributed by atoms with van der Waals surface area (Å²) in [7, 11) is 1.74. The molecule has 1 saturated carbocycles. The predicted molar refractivity (Wildman–Crippen MR) is 57.5 cm³/mol. The van der Waals surface area contributed by atoms with Gasteiger partial charge >= 0.3 is 0 Å². The molecule has 0 radical (unpaired) electrons. The Morgan fingerprint density at radius 2 is 1.93 bits per heavy atom. The molecule has 14 heavy (non-hydrogen) atoms. The van der Waals surface area contributed by atoms with Gasteiger partial charge in [-0.25, -0.2) is 0 Å². The van der Waals surface area contributed by atoms with Crippen molar-refractivity contribution in [1.29, 1.82) is 0 Å². The average molecular weight is 186 g/mol. The van der Waals surface area contributed by atoms with Gasteiger partial charge in [0.05, 0.1) is 7.11 Å². The standard InChI is InChI=1S/C13H14O/c1-14-11-6-4-10-5-7-12(9-2-3-9)13(10)8-11/h4,6,8H,2-3,5,7H2,1H3. The molecule has 1 aromatic rings. The summed E-state index contributed by atoms with van der Waals surface area (Å²) in [5, 5.41) is 0. The van der Waals surface area contributed by atoms with Gasteiger partial charge in [0.1, 0.15) is 5.75 Å². The quantitative estimate of drug-likeness (QED) is 0.654. The molecule has 0 bridgehead atoms. The molecule has 1 aromatic carbocycles. The summed E-state index contributed by atoms with van der Waals surface area (Å²) in [5.41, 5.74) is 6.24. The molecule has 2 aliphatic carbocycles. The van der Waals surface area contributed by atoms with Crippen LogP contribution < -0.4 is 4.74 Å². The maximum absolute atomic E-state index is 5.27. The number of benzene rings is 1. The molecular weight excluding hydrogens is 172 g/mol. The van der Waals surface area contributed by atoms with Crippen LogP contribution in [0.25, 0.3) is 5.57 Å². The molecule has 3 rings (SSSR count). The smallest absolute Gasteiger partial charge is 0.119 e. The van der Waals surface area contributed by atoms with Crippen LogP contribution in [0.5, 0.6) is 5.75 Å². The summed E-state index contributed by atoms with van der Waals surface area (Å²) < 4.78 is 5.27. The third-order valence-corrected chi connectivity index (χ3v) is 3.21. The summed E-state index contributed by atoms with van der Waals surface area (Å²) in [6, 6.07) is 6.48. The lowest BCUT2D eigenvalue weighted by Gasteiger charge is -2.04. The van der Waals surface area contributed by atoms with Gasteiger partial charge in [-0.1, -0.05) is 11.6 Å². The molecule has 0 saturated heterocycles. The summed E-state index contributed by atoms with van der Waals surface area (Å²) in [4.78, 5) is 0. The fraction of sp³-hybridized carbons (Fsp3) is 0.385. The van der Waals surface area contributed by atoms with E-state index < -0.39 is 0 Å². The van der Waals surface area contributed by atoms with Crippen molar-refractivity contribution >= 4 is 5.57 Å². The van der Waals surface area contributed by atoms with Gasteiger partial charge in [0.15, 0.2) is 0 Å². The molecule has 72 valence electrons. The van der Waals surface area contributed by atoms with E-state index in [0.717, 1.165) is 5.75 Å². The highest BCUT2D eigenvalue weighted by Crippen LogP contribution is 2.44. The molecule has 2 aliphatic rings. The van der Waals surface area contributed by atoms with E-state index in [1.165, 1.54) is 36.8 Å². The second-order valence-electron chi connectivity index (χ2n) is 4.11. The molecule has 0 heterocycles. The minimum absolute atomic E-state index is 0.990. The summed E-state index contributed by atoms with van der Waals surface area (Å²) in [6.45, 7) is 0. The second kappa shape index (κ2) is 2.88. The molecule has 0 amide bonds. The van der Waals surface area contributed by atoms with Crippen LogP contribution in [0.2, 0.25) is 0 Å². The largest absolute Gasteiger partial charge is 0.497 e. The lowest BCUT2D eigenvalue weighted by molar-refractivity contribution is 0.414. The minimum Gasteiger partial charge on any atom is -0.497 e. The Balaban J connectivity index is 2.12. The Bertz CT molecular complexity index is 409. The van der Waals surface area contributed by atoms with Crippen LogP contribution in [0.1, 0.15) is 30.4 Å². The van der Waals surface area contributed by atoms with Gasteiger partial charge in [0.25, 0.3) is 0 Å². The number of fused-ring (bicyclic) bond motifs is 1. The number of ether oxygens (including phenoxy) is 1. The van der Waals surface area contributed by atoms with Gasteiger partial charge in [-0.2, -0.15) is 0 Å². The highest BCUT2D eigenvalue weighted by Gasteiger charge is 2.24. The van der Waals surface area contributed by atoms with Crippen molar-refractivity contribution in [2.45, 2.75) is 25.7 Å².